The van der Waals surface area contributed by atoms with E-state index in [-0.39, 0.29) is 0 Å². The highest BCUT2D eigenvalue weighted by molar-refractivity contribution is 6.45. The Kier molecular flexibility index (Phi) is 5.45. The molecule has 0 aliphatic rings. The molecule has 0 bridgehead atoms. The van der Waals surface area contributed by atoms with Crippen LogP contribution in [0, 0.1) is 16.7 Å². The molecule has 0 saturated heterocycles. The van der Waals surface area contributed by atoms with E-state index in [1.807, 2.05) is 0 Å². The minimum absolute atomic E-state index is 0.535. The third kappa shape index (κ3) is 4.77. The minimum atomic E-state index is -5.62. The van der Waals surface area contributed by atoms with Crippen molar-refractivity contribution in [1.82, 2.24) is 0 Å². The fourth-order valence-corrected chi connectivity index (χ4v) is 1.63. The molecule has 0 atom stereocenters. The Bertz CT molecular complexity index is 745. The number of hydrazone groups is 1. The second-order valence-corrected chi connectivity index (χ2v) is 4.54. The molecule has 26 heavy (non-hydrogen) atoms. The zero-order chi connectivity index (χ0) is 20.5. The summed E-state index contributed by atoms with van der Waals surface area (Å²) in [5.74, 6) is -1.09. The molecule has 0 amide bonds. The number of hydrogen-bond acceptors (Lipinski definition) is 4. The van der Waals surface area contributed by atoms with Crippen LogP contribution in [0.5, 0.6) is 0 Å². The predicted octanol–water partition coefficient (Wildman–Crippen LogP) is 3.97. The maximum Gasteiger partial charge on any atom is 0.418 e. The van der Waals surface area contributed by atoms with Crippen LogP contribution >= 0.6 is 0 Å². The number of halogens is 9. The first-order valence-corrected chi connectivity index (χ1v) is 6.07. The zero-order valence-electron chi connectivity index (χ0n) is 12.0. The van der Waals surface area contributed by atoms with Crippen LogP contribution in [0.4, 0.5) is 45.2 Å². The molecule has 4 N–H and O–H groups in total. The number of benzene rings is 1. The monoisotopic (exact) mass is 391 g/mol. The lowest BCUT2D eigenvalue weighted by molar-refractivity contribution is -0.147. The largest absolute Gasteiger partial charge is 0.418 e. The first-order chi connectivity index (χ1) is 11.6. The van der Waals surface area contributed by atoms with Gasteiger partial charge in [-0.25, -0.2) is 0 Å². The Hall–Kier alpha value is -2.98. The van der Waals surface area contributed by atoms with E-state index < -0.39 is 64.6 Å². The summed E-state index contributed by atoms with van der Waals surface area (Å²) in [7, 11) is 0. The molecule has 0 fully saturated rings. The Morgan fingerprint density at radius 2 is 1.38 bits per heavy atom. The summed E-state index contributed by atoms with van der Waals surface area (Å²) >= 11 is 0. The van der Waals surface area contributed by atoms with Crippen LogP contribution in [0.3, 0.4) is 0 Å². The lowest BCUT2D eigenvalue weighted by Gasteiger charge is -2.20. The van der Waals surface area contributed by atoms with Crippen LogP contribution in [0.25, 0.3) is 0 Å². The molecule has 0 saturated carbocycles. The van der Waals surface area contributed by atoms with Gasteiger partial charge < -0.3 is 5.73 Å². The molecule has 0 heterocycles. The van der Waals surface area contributed by atoms with Crippen molar-refractivity contribution < 1.29 is 39.5 Å². The number of amidine groups is 1. The van der Waals surface area contributed by atoms with Gasteiger partial charge in [-0.3, -0.25) is 10.8 Å². The van der Waals surface area contributed by atoms with E-state index in [1.165, 1.54) is 5.43 Å². The van der Waals surface area contributed by atoms with E-state index in [4.69, 9.17) is 16.4 Å². The van der Waals surface area contributed by atoms with E-state index in [9.17, 15) is 39.5 Å². The van der Waals surface area contributed by atoms with Gasteiger partial charge in [-0.05, 0) is 12.1 Å². The molecule has 1 aromatic carbocycles. The lowest BCUT2D eigenvalue weighted by Crippen LogP contribution is -2.23. The minimum Gasteiger partial charge on any atom is -0.382 e. The summed E-state index contributed by atoms with van der Waals surface area (Å²) in [5.41, 5.74) is -3.68. The van der Waals surface area contributed by atoms with Crippen molar-refractivity contribution in [3.05, 3.63) is 28.8 Å². The highest BCUT2D eigenvalue weighted by Gasteiger charge is 2.45. The van der Waals surface area contributed by atoms with Gasteiger partial charge in [0.25, 0.3) is 0 Å². The Balaban J connectivity index is 3.81. The quantitative estimate of drug-likeness (QED) is 0.315. The van der Waals surface area contributed by atoms with Crippen molar-refractivity contribution in [3.8, 4) is 6.07 Å². The molecule has 1 aromatic rings. The summed E-state index contributed by atoms with van der Waals surface area (Å²) in [6.07, 6.45) is -16.7. The summed E-state index contributed by atoms with van der Waals surface area (Å²) in [5, 5.41) is 18.3. The standard InChI is InChI=1S/C12H6F9N5/c13-10(14,15)4-1-5(11(16,17)18)8(6(2-4)12(19,20)21)26-25-7(3-22)9(23)24/h1-2,26H,(H3,23,24)/b25-7+. The van der Waals surface area contributed by atoms with Gasteiger partial charge in [0.05, 0.1) is 22.4 Å². The number of nitriles is 1. The Morgan fingerprint density at radius 1 is 0.962 bits per heavy atom. The van der Waals surface area contributed by atoms with Crippen molar-refractivity contribution in [2.24, 2.45) is 10.8 Å². The van der Waals surface area contributed by atoms with Crippen molar-refractivity contribution in [3.63, 3.8) is 0 Å². The number of nitrogens with zero attached hydrogens (tertiary/aromatic N) is 2. The first-order valence-electron chi connectivity index (χ1n) is 6.07. The highest BCUT2D eigenvalue weighted by Crippen LogP contribution is 2.46. The van der Waals surface area contributed by atoms with E-state index in [1.54, 1.807) is 0 Å². The van der Waals surface area contributed by atoms with E-state index >= 15 is 0 Å². The molecule has 5 nitrogen and oxygen atoms in total. The summed E-state index contributed by atoms with van der Waals surface area (Å²) in [6, 6.07) is 0.0496. The normalized spacial score (nSPS) is 13.3. The van der Waals surface area contributed by atoms with Crippen LogP contribution in [-0.4, -0.2) is 11.5 Å². The number of anilines is 1. The van der Waals surface area contributed by atoms with Gasteiger partial charge in [-0.15, -0.1) is 0 Å². The summed E-state index contributed by atoms with van der Waals surface area (Å²) in [6.45, 7) is 0. The van der Waals surface area contributed by atoms with Gasteiger partial charge in [0.1, 0.15) is 6.07 Å². The number of nitrogens with one attached hydrogen (secondary N) is 2. The molecule has 0 radical (unpaired) electrons. The predicted molar refractivity (Wildman–Crippen MR) is 70.0 cm³/mol. The van der Waals surface area contributed by atoms with Crippen LogP contribution in [0.2, 0.25) is 0 Å². The second-order valence-electron chi connectivity index (χ2n) is 4.54. The van der Waals surface area contributed by atoms with Gasteiger partial charge in [-0.1, -0.05) is 0 Å². The number of hydrogen-bond donors (Lipinski definition) is 3. The molecule has 0 aliphatic heterocycles. The Morgan fingerprint density at radius 3 is 1.65 bits per heavy atom. The summed E-state index contributed by atoms with van der Waals surface area (Å²) in [4.78, 5) is 0. The van der Waals surface area contributed by atoms with Crippen molar-refractivity contribution in [2.45, 2.75) is 18.5 Å². The average Bonchev–Trinajstić information content (AvgIpc) is 2.43. The van der Waals surface area contributed by atoms with Gasteiger partial charge >= 0.3 is 18.5 Å². The molecule has 142 valence electrons. The highest BCUT2D eigenvalue weighted by atomic mass is 19.4. The zero-order valence-corrected chi connectivity index (χ0v) is 12.0. The van der Waals surface area contributed by atoms with Gasteiger partial charge in [0.2, 0.25) is 5.71 Å². The molecular weight excluding hydrogens is 385 g/mol. The van der Waals surface area contributed by atoms with Crippen molar-refractivity contribution in [2.75, 3.05) is 5.43 Å². The molecule has 0 aromatic heterocycles. The molecular formula is C12H6F9N5. The van der Waals surface area contributed by atoms with Crippen molar-refractivity contribution >= 4 is 17.2 Å². The van der Waals surface area contributed by atoms with Gasteiger partial charge in [-0.2, -0.15) is 49.9 Å². The molecule has 14 heteroatoms. The van der Waals surface area contributed by atoms with Crippen LogP contribution < -0.4 is 11.2 Å². The second kappa shape index (κ2) is 6.73. The van der Waals surface area contributed by atoms with Gasteiger partial charge in [0, 0.05) is 0 Å². The number of alkyl halides is 9. The Labute approximate surface area is 138 Å². The van der Waals surface area contributed by atoms with Crippen LogP contribution in [-0.2, 0) is 18.5 Å². The maximum atomic E-state index is 13.0. The first kappa shape index (κ1) is 21.1. The SMILES string of the molecule is N#C/C(=N\Nc1c(C(F)(F)F)cc(C(F)(F)F)cc1C(F)(F)F)C(=N)N. The van der Waals surface area contributed by atoms with E-state index in [2.05, 4.69) is 5.10 Å². The van der Waals surface area contributed by atoms with Gasteiger partial charge in [0.15, 0.2) is 5.84 Å². The van der Waals surface area contributed by atoms with E-state index in [0.29, 0.717) is 0 Å². The fourth-order valence-electron chi connectivity index (χ4n) is 1.63. The smallest absolute Gasteiger partial charge is 0.382 e. The maximum absolute atomic E-state index is 13.0. The average molecular weight is 391 g/mol. The van der Waals surface area contributed by atoms with E-state index in [0.717, 1.165) is 6.07 Å². The lowest BCUT2D eigenvalue weighted by atomic mass is 10.0. The topological polar surface area (TPSA) is 98.0 Å². The fraction of sp³-hybridized carbons (Fsp3) is 0.250. The number of nitrogens with two attached hydrogens (primary N) is 1. The molecule has 0 spiro atoms. The van der Waals surface area contributed by atoms with Crippen LogP contribution in [0.1, 0.15) is 16.7 Å². The third-order valence-electron chi connectivity index (χ3n) is 2.72. The number of rotatable bonds is 3. The van der Waals surface area contributed by atoms with Crippen molar-refractivity contribution in [1.29, 1.82) is 10.7 Å². The third-order valence-corrected chi connectivity index (χ3v) is 2.72. The van der Waals surface area contributed by atoms with Crippen LogP contribution in [0.15, 0.2) is 17.2 Å². The summed E-state index contributed by atoms with van der Waals surface area (Å²) < 4.78 is 116. The molecule has 0 aliphatic carbocycles. The molecule has 0 unspecified atom stereocenters. The molecule has 1 rings (SSSR count).